The van der Waals surface area contributed by atoms with Crippen molar-refractivity contribution in [2.75, 3.05) is 11.9 Å². The molecule has 0 bridgehead atoms. The summed E-state index contributed by atoms with van der Waals surface area (Å²) in [5.41, 5.74) is 6.49. The molecule has 0 aliphatic heterocycles. The lowest BCUT2D eigenvalue weighted by Crippen LogP contribution is -2.23. The number of carbonyl (C=O) groups is 1. The van der Waals surface area contributed by atoms with E-state index in [2.05, 4.69) is 67.0 Å². The molecule has 0 heterocycles. The zero-order valence-electron chi connectivity index (χ0n) is 11.6. The molecule has 1 aromatic rings. The van der Waals surface area contributed by atoms with E-state index >= 15 is 0 Å². The molecule has 1 aromatic carbocycles. The number of rotatable bonds is 6. The average molecular weight is 471 g/mol. The zero-order chi connectivity index (χ0) is 15.3. The van der Waals surface area contributed by atoms with Crippen molar-refractivity contribution in [3.05, 3.63) is 25.6 Å². The lowest BCUT2D eigenvalue weighted by Gasteiger charge is -2.17. The SMILES string of the molecule is CC(C)C[C@H](CN)CC(=O)Nc1c(Br)cc(Br)cc1Br. The molecule has 0 aliphatic carbocycles. The van der Waals surface area contributed by atoms with Gasteiger partial charge in [-0.05, 0) is 68.8 Å². The highest BCUT2D eigenvalue weighted by atomic mass is 79.9. The van der Waals surface area contributed by atoms with Crippen LogP contribution in [0.1, 0.15) is 26.7 Å². The monoisotopic (exact) mass is 468 g/mol. The van der Waals surface area contributed by atoms with Gasteiger partial charge in [0.25, 0.3) is 0 Å². The molecule has 1 rings (SSSR count). The van der Waals surface area contributed by atoms with Gasteiger partial charge in [0.1, 0.15) is 0 Å². The normalized spacial score (nSPS) is 12.6. The van der Waals surface area contributed by atoms with Crippen LogP contribution in [0.5, 0.6) is 0 Å². The second-order valence-electron chi connectivity index (χ2n) is 5.23. The van der Waals surface area contributed by atoms with Gasteiger partial charge in [-0.3, -0.25) is 4.79 Å². The predicted octanol–water partition coefficient (Wildman–Crippen LogP) is 4.92. The van der Waals surface area contributed by atoms with Gasteiger partial charge in [-0.25, -0.2) is 0 Å². The number of anilines is 1. The van der Waals surface area contributed by atoms with Gasteiger partial charge in [-0.2, -0.15) is 0 Å². The fourth-order valence-corrected chi connectivity index (χ4v) is 4.50. The Bertz CT molecular complexity index is 454. The summed E-state index contributed by atoms with van der Waals surface area (Å²) < 4.78 is 2.61. The quantitative estimate of drug-likeness (QED) is 0.619. The van der Waals surface area contributed by atoms with E-state index in [1.807, 2.05) is 12.1 Å². The van der Waals surface area contributed by atoms with Gasteiger partial charge in [0, 0.05) is 19.8 Å². The van der Waals surface area contributed by atoms with E-state index in [1.165, 1.54) is 0 Å². The Labute approximate surface area is 145 Å². The maximum atomic E-state index is 12.1. The van der Waals surface area contributed by atoms with Gasteiger partial charge in [-0.1, -0.05) is 29.8 Å². The maximum Gasteiger partial charge on any atom is 0.224 e. The Balaban J connectivity index is 2.71. The molecule has 0 aromatic heterocycles. The summed E-state index contributed by atoms with van der Waals surface area (Å²) in [6.45, 7) is 4.82. The molecule has 0 radical (unpaired) electrons. The molecule has 6 heteroatoms. The van der Waals surface area contributed by atoms with Crippen LogP contribution in [-0.4, -0.2) is 12.5 Å². The van der Waals surface area contributed by atoms with Crippen LogP contribution in [0.3, 0.4) is 0 Å². The molecule has 112 valence electrons. The zero-order valence-corrected chi connectivity index (χ0v) is 16.3. The molecule has 3 nitrogen and oxygen atoms in total. The van der Waals surface area contributed by atoms with Crippen LogP contribution in [0, 0.1) is 11.8 Å². The van der Waals surface area contributed by atoms with Gasteiger partial charge in [0.15, 0.2) is 0 Å². The third-order valence-electron chi connectivity index (χ3n) is 2.88. The molecule has 20 heavy (non-hydrogen) atoms. The summed E-state index contributed by atoms with van der Waals surface area (Å²) in [5.74, 6) is 0.760. The number of halogens is 3. The summed E-state index contributed by atoms with van der Waals surface area (Å²) in [4.78, 5) is 12.1. The Kier molecular flexibility index (Phi) is 7.72. The fourth-order valence-electron chi connectivity index (χ4n) is 2.04. The largest absolute Gasteiger partial charge is 0.330 e. The van der Waals surface area contributed by atoms with E-state index in [0.29, 0.717) is 18.9 Å². The summed E-state index contributed by atoms with van der Waals surface area (Å²) in [6.07, 6.45) is 1.41. The minimum absolute atomic E-state index is 0.00942. The summed E-state index contributed by atoms with van der Waals surface area (Å²) in [7, 11) is 0. The second-order valence-corrected chi connectivity index (χ2v) is 7.85. The lowest BCUT2D eigenvalue weighted by molar-refractivity contribution is -0.117. The van der Waals surface area contributed by atoms with Crippen molar-refractivity contribution >= 4 is 59.4 Å². The molecule has 0 saturated heterocycles. The molecule has 0 spiro atoms. The number of carbonyl (C=O) groups excluding carboxylic acids is 1. The molecule has 0 fully saturated rings. The molecule has 0 saturated carbocycles. The van der Waals surface area contributed by atoms with Crippen molar-refractivity contribution in [3.8, 4) is 0 Å². The summed E-state index contributed by atoms with van der Waals surface area (Å²) >= 11 is 10.3. The molecule has 0 aliphatic rings. The number of hydrogen-bond acceptors (Lipinski definition) is 2. The minimum Gasteiger partial charge on any atom is -0.330 e. The van der Waals surface area contributed by atoms with Gasteiger partial charge in [0.05, 0.1) is 5.69 Å². The van der Waals surface area contributed by atoms with E-state index in [9.17, 15) is 4.79 Å². The van der Waals surface area contributed by atoms with Crippen LogP contribution in [0.25, 0.3) is 0 Å². The smallest absolute Gasteiger partial charge is 0.224 e. The molecule has 1 amide bonds. The van der Waals surface area contributed by atoms with Crippen molar-refractivity contribution in [2.45, 2.75) is 26.7 Å². The van der Waals surface area contributed by atoms with Gasteiger partial charge in [0.2, 0.25) is 5.91 Å². The van der Waals surface area contributed by atoms with Crippen molar-refractivity contribution in [1.82, 2.24) is 0 Å². The number of amides is 1. The van der Waals surface area contributed by atoms with Gasteiger partial charge >= 0.3 is 0 Å². The summed E-state index contributed by atoms with van der Waals surface area (Å²) in [5, 5.41) is 2.93. The highest BCUT2D eigenvalue weighted by Gasteiger charge is 2.16. The van der Waals surface area contributed by atoms with E-state index in [4.69, 9.17) is 5.73 Å². The Morgan fingerprint density at radius 1 is 1.25 bits per heavy atom. The van der Waals surface area contributed by atoms with Crippen molar-refractivity contribution in [1.29, 1.82) is 0 Å². The predicted molar refractivity (Wildman–Crippen MR) is 94.8 cm³/mol. The second kappa shape index (κ2) is 8.51. The Morgan fingerprint density at radius 2 is 1.80 bits per heavy atom. The van der Waals surface area contributed by atoms with Crippen molar-refractivity contribution < 1.29 is 4.79 Å². The molecule has 3 N–H and O–H groups in total. The van der Waals surface area contributed by atoms with E-state index in [0.717, 1.165) is 25.5 Å². The Hall–Kier alpha value is 0.0900. The maximum absolute atomic E-state index is 12.1. The highest BCUT2D eigenvalue weighted by Crippen LogP contribution is 2.34. The first-order chi connectivity index (χ1) is 9.33. The number of nitrogens with two attached hydrogens (primary N) is 1. The third-order valence-corrected chi connectivity index (χ3v) is 4.59. The molecule has 1 atom stereocenters. The molecular formula is C14H19Br3N2O. The first kappa shape index (κ1) is 18.1. The van der Waals surface area contributed by atoms with Crippen molar-refractivity contribution in [2.24, 2.45) is 17.6 Å². The van der Waals surface area contributed by atoms with Crippen LogP contribution in [-0.2, 0) is 4.79 Å². The number of hydrogen-bond donors (Lipinski definition) is 2. The molecular weight excluding hydrogens is 452 g/mol. The van der Waals surface area contributed by atoms with Crippen LogP contribution in [0.15, 0.2) is 25.6 Å². The summed E-state index contributed by atoms with van der Waals surface area (Å²) in [6, 6.07) is 3.80. The highest BCUT2D eigenvalue weighted by molar-refractivity contribution is 9.11. The first-order valence-corrected chi connectivity index (χ1v) is 8.85. The minimum atomic E-state index is -0.00942. The van der Waals surface area contributed by atoms with E-state index in [-0.39, 0.29) is 11.8 Å². The Morgan fingerprint density at radius 3 is 2.25 bits per heavy atom. The topological polar surface area (TPSA) is 55.1 Å². The number of benzene rings is 1. The standard InChI is InChI=1S/C14H19Br3N2O/c1-8(2)3-9(7-18)4-13(20)19-14-11(16)5-10(15)6-12(14)17/h5-6,8-9H,3-4,7,18H2,1-2H3,(H,19,20)/t9-/m0/s1. The lowest BCUT2D eigenvalue weighted by atomic mass is 9.94. The van der Waals surface area contributed by atoms with Crippen molar-refractivity contribution in [3.63, 3.8) is 0 Å². The van der Waals surface area contributed by atoms with Gasteiger partial charge in [-0.15, -0.1) is 0 Å². The number of nitrogens with one attached hydrogen (secondary N) is 1. The van der Waals surface area contributed by atoms with Crippen LogP contribution >= 0.6 is 47.8 Å². The average Bonchev–Trinajstić information content (AvgIpc) is 2.32. The fraction of sp³-hybridized carbons (Fsp3) is 0.500. The van der Waals surface area contributed by atoms with Crippen LogP contribution in [0.4, 0.5) is 5.69 Å². The van der Waals surface area contributed by atoms with Gasteiger partial charge < -0.3 is 11.1 Å². The third kappa shape index (κ3) is 5.84. The van der Waals surface area contributed by atoms with E-state index < -0.39 is 0 Å². The van der Waals surface area contributed by atoms with Crippen LogP contribution < -0.4 is 11.1 Å². The first-order valence-electron chi connectivity index (χ1n) is 6.48. The molecule has 0 unspecified atom stereocenters. The van der Waals surface area contributed by atoms with Crippen LogP contribution in [0.2, 0.25) is 0 Å². The van der Waals surface area contributed by atoms with E-state index in [1.54, 1.807) is 0 Å².